The summed E-state index contributed by atoms with van der Waals surface area (Å²) in [5, 5.41) is 3.51. The molecule has 0 saturated heterocycles. The van der Waals surface area contributed by atoms with Crippen molar-refractivity contribution in [2.45, 2.75) is 40.0 Å². The van der Waals surface area contributed by atoms with Crippen molar-refractivity contribution in [1.29, 1.82) is 0 Å². The molecule has 2 aromatic heterocycles. The predicted octanol–water partition coefficient (Wildman–Crippen LogP) is 5.54. The Balaban J connectivity index is 1.91. The van der Waals surface area contributed by atoms with Gasteiger partial charge in [-0.05, 0) is 48.6 Å². The van der Waals surface area contributed by atoms with Crippen molar-refractivity contribution in [2.75, 3.05) is 5.32 Å². The van der Waals surface area contributed by atoms with Gasteiger partial charge in [-0.3, -0.25) is 4.40 Å². The minimum Gasteiger partial charge on any atom is -0.338 e. The zero-order valence-electron chi connectivity index (χ0n) is 16.0. The van der Waals surface area contributed by atoms with Gasteiger partial charge in [0.1, 0.15) is 5.52 Å². The Hall–Kier alpha value is -2.88. The molecule has 0 unspecified atom stereocenters. The molecule has 1 N–H and O–H groups in total. The lowest BCUT2D eigenvalue weighted by molar-refractivity contribution is 0.591. The quantitative estimate of drug-likeness (QED) is 0.519. The van der Waals surface area contributed by atoms with Crippen LogP contribution < -0.4 is 5.32 Å². The fraction of sp³-hybridized carbons (Fsp3) is 0.273. The highest BCUT2D eigenvalue weighted by Crippen LogP contribution is 2.29. The Labute approximate surface area is 153 Å². The van der Waals surface area contributed by atoms with E-state index in [0.29, 0.717) is 0 Å². The molecule has 4 rings (SSSR count). The molecule has 2 aromatic carbocycles. The second kappa shape index (κ2) is 5.84. The Kier molecular flexibility index (Phi) is 3.72. The zero-order valence-corrected chi connectivity index (χ0v) is 16.0. The van der Waals surface area contributed by atoms with Gasteiger partial charge < -0.3 is 5.32 Å². The highest BCUT2D eigenvalue weighted by atomic mass is 15.1. The van der Waals surface area contributed by atoms with E-state index in [1.54, 1.807) is 0 Å². The standard InChI is InChI=1S/C22H24N4/c1-14-6-8-17(15(2)10-14)24-21-20-12-23-13-26(20)19-9-7-16(22(3,4)5)11-18(19)25-21/h6-13H,1-5H3,(H,24,25). The van der Waals surface area contributed by atoms with Crippen LogP contribution in [-0.2, 0) is 5.41 Å². The van der Waals surface area contributed by atoms with Gasteiger partial charge in [0.15, 0.2) is 5.82 Å². The van der Waals surface area contributed by atoms with Gasteiger partial charge in [0.05, 0.1) is 23.6 Å². The van der Waals surface area contributed by atoms with Crippen molar-refractivity contribution in [1.82, 2.24) is 14.4 Å². The van der Waals surface area contributed by atoms with Gasteiger partial charge in [0, 0.05) is 5.69 Å². The number of rotatable bonds is 2. The van der Waals surface area contributed by atoms with Crippen molar-refractivity contribution in [3.05, 3.63) is 65.6 Å². The van der Waals surface area contributed by atoms with E-state index in [2.05, 4.69) is 85.7 Å². The molecule has 0 aliphatic rings. The third kappa shape index (κ3) is 2.81. The fourth-order valence-electron chi connectivity index (χ4n) is 3.30. The number of imidazole rings is 1. The van der Waals surface area contributed by atoms with Crippen LogP contribution in [0, 0.1) is 13.8 Å². The molecule has 2 heterocycles. The summed E-state index contributed by atoms with van der Waals surface area (Å²) >= 11 is 0. The number of anilines is 2. The van der Waals surface area contributed by atoms with Gasteiger partial charge in [-0.1, -0.05) is 44.5 Å². The lowest BCUT2D eigenvalue weighted by atomic mass is 9.87. The van der Waals surface area contributed by atoms with Crippen LogP contribution in [0.3, 0.4) is 0 Å². The number of nitrogens with zero attached hydrogens (tertiary/aromatic N) is 3. The third-order valence-electron chi connectivity index (χ3n) is 4.85. The maximum absolute atomic E-state index is 4.94. The Morgan fingerprint density at radius 2 is 1.77 bits per heavy atom. The molecule has 132 valence electrons. The van der Waals surface area contributed by atoms with Gasteiger partial charge >= 0.3 is 0 Å². The highest BCUT2D eigenvalue weighted by molar-refractivity contribution is 5.86. The van der Waals surface area contributed by atoms with Crippen LogP contribution in [0.4, 0.5) is 11.5 Å². The molecule has 0 atom stereocenters. The summed E-state index contributed by atoms with van der Waals surface area (Å²) in [7, 11) is 0. The summed E-state index contributed by atoms with van der Waals surface area (Å²) in [5.74, 6) is 0.827. The van der Waals surface area contributed by atoms with Crippen LogP contribution in [0.25, 0.3) is 16.6 Å². The number of fused-ring (bicyclic) bond motifs is 3. The number of aryl methyl sites for hydroxylation is 2. The van der Waals surface area contributed by atoms with Gasteiger partial charge in [-0.25, -0.2) is 9.97 Å². The SMILES string of the molecule is Cc1ccc(Nc2nc3cc(C(C)(C)C)ccc3n3cncc23)c(C)c1. The monoisotopic (exact) mass is 344 g/mol. The predicted molar refractivity (Wildman–Crippen MR) is 108 cm³/mol. The van der Waals surface area contributed by atoms with E-state index in [4.69, 9.17) is 4.98 Å². The van der Waals surface area contributed by atoms with Gasteiger partial charge in [0.25, 0.3) is 0 Å². The summed E-state index contributed by atoms with van der Waals surface area (Å²) in [6.45, 7) is 10.9. The Morgan fingerprint density at radius 1 is 0.962 bits per heavy atom. The fourth-order valence-corrected chi connectivity index (χ4v) is 3.30. The van der Waals surface area contributed by atoms with Crippen molar-refractivity contribution < 1.29 is 0 Å². The van der Waals surface area contributed by atoms with Gasteiger partial charge in [0.2, 0.25) is 0 Å². The molecule has 26 heavy (non-hydrogen) atoms. The first-order chi connectivity index (χ1) is 12.3. The van der Waals surface area contributed by atoms with Crippen molar-refractivity contribution in [3.8, 4) is 0 Å². The van der Waals surface area contributed by atoms with Crippen LogP contribution in [0.1, 0.15) is 37.5 Å². The van der Waals surface area contributed by atoms with E-state index in [1.165, 1.54) is 16.7 Å². The smallest absolute Gasteiger partial charge is 0.157 e. The molecule has 0 spiro atoms. The van der Waals surface area contributed by atoms with E-state index in [0.717, 1.165) is 28.1 Å². The molecule has 0 radical (unpaired) electrons. The molecular formula is C22H24N4. The molecule has 0 saturated carbocycles. The molecule has 0 aliphatic carbocycles. The number of hydrogen-bond donors (Lipinski definition) is 1. The lowest BCUT2D eigenvalue weighted by Crippen LogP contribution is -2.11. The first-order valence-electron chi connectivity index (χ1n) is 8.93. The molecule has 0 aliphatic heterocycles. The van der Waals surface area contributed by atoms with E-state index >= 15 is 0 Å². The number of hydrogen-bond acceptors (Lipinski definition) is 3. The number of aromatic nitrogens is 3. The Morgan fingerprint density at radius 3 is 2.50 bits per heavy atom. The normalized spacial score (nSPS) is 12.0. The van der Waals surface area contributed by atoms with Crippen LogP contribution in [-0.4, -0.2) is 14.4 Å². The minimum absolute atomic E-state index is 0.0842. The molecule has 0 bridgehead atoms. The van der Waals surface area contributed by atoms with Crippen LogP contribution in [0.15, 0.2) is 48.9 Å². The summed E-state index contributed by atoms with van der Waals surface area (Å²) in [4.78, 5) is 9.28. The van der Waals surface area contributed by atoms with E-state index in [1.807, 2.05) is 12.5 Å². The topological polar surface area (TPSA) is 42.2 Å². The van der Waals surface area contributed by atoms with Gasteiger partial charge in [-0.15, -0.1) is 0 Å². The first kappa shape index (κ1) is 16.6. The van der Waals surface area contributed by atoms with Crippen molar-refractivity contribution >= 4 is 28.1 Å². The third-order valence-corrected chi connectivity index (χ3v) is 4.85. The molecule has 4 heteroatoms. The van der Waals surface area contributed by atoms with E-state index in [9.17, 15) is 0 Å². The summed E-state index contributed by atoms with van der Waals surface area (Å²) in [6.07, 6.45) is 3.71. The molecule has 0 fully saturated rings. The van der Waals surface area contributed by atoms with Crippen LogP contribution in [0.2, 0.25) is 0 Å². The summed E-state index contributed by atoms with van der Waals surface area (Å²) in [6, 6.07) is 12.9. The lowest BCUT2D eigenvalue weighted by Gasteiger charge is -2.20. The molecular weight excluding hydrogens is 320 g/mol. The summed E-state index contributed by atoms with van der Waals surface area (Å²) in [5.41, 5.74) is 7.89. The number of benzene rings is 2. The molecule has 4 nitrogen and oxygen atoms in total. The largest absolute Gasteiger partial charge is 0.338 e. The number of nitrogens with one attached hydrogen (secondary N) is 1. The zero-order chi connectivity index (χ0) is 18.5. The average Bonchev–Trinajstić information content (AvgIpc) is 3.06. The second-order valence-electron chi connectivity index (χ2n) is 8.01. The van der Waals surface area contributed by atoms with Crippen LogP contribution in [0.5, 0.6) is 0 Å². The molecule has 4 aromatic rings. The van der Waals surface area contributed by atoms with Gasteiger partial charge in [-0.2, -0.15) is 0 Å². The maximum atomic E-state index is 4.94. The first-order valence-corrected chi connectivity index (χ1v) is 8.93. The van der Waals surface area contributed by atoms with Crippen LogP contribution >= 0.6 is 0 Å². The molecule has 0 amide bonds. The summed E-state index contributed by atoms with van der Waals surface area (Å²) < 4.78 is 2.10. The second-order valence-corrected chi connectivity index (χ2v) is 8.01. The van der Waals surface area contributed by atoms with E-state index < -0.39 is 0 Å². The van der Waals surface area contributed by atoms with Crippen molar-refractivity contribution in [3.63, 3.8) is 0 Å². The average molecular weight is 344 g/mol. The minimum atomic E-state index is 0.0842. The van der Waals surface area contributed by atoms with E-state index in [-0.39, 0.29) is 5.41 Å². The Bertz CT molecular complexity index is 1120. The maximum Gasteiger partial charge on any atom is 0.157 e. The van der Waals surface area contributed by atoms with Crippen molar-refractivity contribution in [2.24, 2.45) is 0 Å². The highest BCUT2D eigenvalue weighted by Gasteiger charge is 2.16.